The summed E-state index contributed by atoms with van der Waals surface area (Å²) in [6, 6.07) is 3.49. The molecule has 0 aliphatic heterocycles. The monoisotopic (exact) mass is 416 g/mol. The minimum Gasteiger partial charge on any atom is -0.478 e. The Kier molecular flexibility index (Phi) is 7.97. The lowest BCUT2D eigenvalue weighted by Crippen LogP contribution is -2.39. The van der Waals surface area contributed by atoms with Crippen LogP contribution in [0.25, 0.3) is 0 Å². The predicted octanol–water partition coefficient (Wildman–Crippen LogP) is 2.15. The first-order valence-corrected chi connectivity index (χ1v) is 10.3. The van der Waals surface area contributed by atoms with Crippen LogP contribution < -0.4 is 4.90 Å². The summed E-state index contributed by atoms with van der Waals surface area (Å²) in [4.78, 5) is 25.0. The number of nitrogens with zero attached hydrogens (tertiary/aromatic N) is 2. The molecule has 0 bridgehead atoms. The maximum absolute atomic E-state index is 12.7. The minimum absolute atomic E-state index is 0.0608. The normalized spacial score (nSPS) is 12.1. The fourth-order valence-electron chi connectivity index (χ4n) is 2.52. The standard InChI is InChI=1S/C18H28N2O7S/c1-6-19(7-2)28(25,26)13-8-9-15(14(12-13)16(22)23)20(10-11-21)17(24)27-18(3,4)5/h8-9,12,21H,6-7,10-11H2,1-5H3,(H,22,23). The smallest absolute Gasteiger partial charge is 0.414 e. The number of aliphatic hydroxyl groups excluding tert-OH is 1. The van der Waals surface area contributed by atoms with Gasteiger partial charge in [-0.15, -0.1) is 0 Å². The van der Waals surface area contributed by atoms with E-state index in [1.54, 1.807) is 34.6 Å². The van der Waals surface area contributed by atoms with Gasteiger partial charge in [0.05, 0.1) is 29.3 Å². The number of hydrogen-bond acceptors (Lipinski definition) is 6. The molecule has 0 saturated carbocycles. The highest BCUT2D eigenvalue weighted by Gasteiger charge is 2.29. The van der Waals surface area contributed by atoms with Gasteiger partial charge in [-0.05, 0) is 39.0 Å². The van der Waals surface area contributed by atoms with Gasteiger partial charge in [0.1, 0.15) is 5.60 Å². The molecule has 0 fully saturated rings. The second kappa shape index (κ2) is 9.35. The Bertz CT molecular complexity index is 812. The molecule has 0 aliphatic rings. The molecule has 0 unspecified atom stereocenters. The molecule has 1 amide bonds. The quantitative estimate of drug-likeness (QED) is 0.665. The molecular weight excluding hydrogens is 388 g/mol. The van der Waals surface area contributed by atoms with Crippen LogP contribution in [0.5, 0.6) is 0 Å². The number of anilines is 1. The van der Waals surface area contributed by atoms with Crippen LogP contribution in [0.3, 0.4) is 0 Å². The van der Waals surface area contributed by atoms with Crippen LogP contribution in [-0.4, -0.2) is 66.8 Å². The third-order valence-corrected chi connectivity index (χ3v) is 5.82. The summed E-state index contributed by atoms with van der Waals surface area (Å²) < 4.78 is 31.8. The van der Waals surface area contributed by atoms with E-state index < -0.39 is 34.3 Å². The highest BCUT2D eigenvalue weighted by atomic mass is 32.2. The Morgan fingerprint density at radius 2 is 1.71 bits per heavy atom. The van der Waals surface area contributed by atoms with Gasteiger partial charge in [0.15, 0.2) is 0 Å². The molecule has 0 spiro atoms. The van der Waals surface area contributed by atoms with Crippen LogP contribution in [0.1, 0.15) is 45.0 Å². The van der Waals surface area contributed by atoms with Crippen LogP contribution >= 0.6 is 0 Å². The molecule has 1 rings (SSSR count). The maximum atomic E-state index is 12.7. The van der Waals surface area contributed by atoms with E-state index in [2.05, 4.69) is 0 Å². The summed E-state index contributed by atoms with van der Waals surface area (Å²) in [5.41, 5.74) is -1.28. The van der Waals surface area contributed by atoms with Gasteiger partial charge in [-0.2, -0.15) is 4.31 Å². The summed E-state index contributed by atoms with van der Waals surface area (Å²) >= 11 is 0. The molecule has 1 aromatic carbocycles. The number of carboxylic acid groups (broad SMARTS) is 1. The van der Waals surface area contributed by atoms with Crippen molar-refractivity contribution in [3.63, 3.8) is 0 Å². The number of benzene rings is 1. The number of carboxylic acids is 1. The van der Waals surface area contributed by atoms with E-state index in [4.69, 9.17) is 4.74 Å². The first kappa shape index (κ1) is 23.9. The molecular formula is C18H28N2O7S. The van der Waals surface area contributed by atoms with Gasteiger partial charge in [0.2, 0.25) is 10.0 Å². The first-order chi connectivity index (χ1) is 12.9. The zero-order chi connectivity index (χ0) is 21.7. The Balaban J connectivity index is 3.50. The Hall–Kier alpha value is -2.17. The average molecular weight is 416 g/mol. The van der Waals surface area contributed by atoms with E-state index in [0.29, 0.717) is 0 Å². The minimum atomic E-state index is -3.88. The van der Waals surface area contributed by atoms with Crippen molar-refractivity contribution in [2.24, 2.45) is 0 Å². The second-order valence-corrected chi connectivity index (χ2v) is 8.87. The van der Waals surface area contributed by atoms with Crippen molar-refractivity contribution in [3.8, 4) is 0 Å². The van der Waals surface area contributed by atoms with Crippen molar-refractivity contribution in [1.82, 2.24) is 4.31 Å². The highest BCUT2D eigenvalue weighted by molar-refractivity contribution is 7.89. The summed E-state index contributed by atoms with van der Waals surface area (Å²) in [7, 11) is -3.88. The van der Waals surface area contributed by atoms with Gasteiger partial charge in [-0.3, -0.25) is 4.90 Å². The van der Waals surface area contributed by atoms with Crippen LogP contribution in [0.2, 0.25) is 0 Å². The number of rotatable bonds is 8. The van der Waals surface area contributed by atoms with E-state index in [1.807, 2.05) is 0 Å². The molecule has 0 atom stereocenters. The first-order valence-electron chi connectivity index (χ1n) is 8.87. The molecule has 0 radical (unpaired) electrons. The van der Waals surface area contributed by atoms with E-state index in [1.165, 1.54) is 16.4 Å². The zero-order valence-electron chi connectivity index (χ0n) is 16.8. The number of sulfonamides is 1. The zero-order valence-corrected chi connectivity index (χ0v) is 17.6. The van der Waals surface area contributed by atoms with Crippen molar-refractivity contribution >= 4 is 27.8 Å². The van der Waals surface area contributed by atoms with Gasteiger partial charge in [0, 0.05) is 13.1 Å². The lowest BCUT2D eigenvalue weighted by atomic mass is 10.1. The fraction of sp³-hybridized carbons (Fsp3) is 0.556. The number of ether oxygens (including phenoxy) is 1. The molecule has 0 aromatic heterocycles. The van der Waals surface area contributed by atoms with Gasteiger partial charge < -0.3 is 14.9 Å². The molecule has 10 heteroatoms. The van der Waals surface area contributed by atoms with Crippen LogP contribution in [0, 0.1) is 0 Å². The largest absolute Gasteiger partial charge is 0.478 e. The van der Waals surface area contributed by atoms with Crippen molar-refractivity contribution in [2.75, 3.05) is 31.1 Å². The van der Waals surface area contributed by atoms with E-state index in [0.717, 1.165) is 11.0 Å². The van der Waals surface area contributed by atoms with Crippen molar-refractivity contribution < 1.29 is 33.0 Å². The Morgan fingerprint density at radius 3 is 2.14 bits per heavy atom. The van der Waals surface area contributed by atoms with Crippen LogP contribution in [0.4, 0.5) is 10.5 Å². The summed E-state index contributed by atoms with van der Waals surface area (Å²) in [6.45, 7) is 8.14. The number of carbonyl (C=O) groups is 2. The number of aliphatic hydroxyl groups is 1. The molecule has 158 valence electrons. The third-order valence-electron chi connectivity index (χ3n) is 3.77. The maximum Gasteiger partial charge on any atom is 0.414 e. The third kappa shape index (κ3) is 5.66. The summed E-state index contributed by atoms with van der Waals surface area (Å²) in [5, 5.41) is 18.9. The van der Waals surface area contributed by atoms with E-state index in [9.17, 15) is 28.2 Å². The number of hydrogen-bond donors (Lipinski definition) is 2. The predicted molar refractivity (Wildman–Crippen MR) is 104 cm³/mol. The molecule has 28 heavy (non-hydrogen) atoms. The number of carbonyl (C=O) groups excluding carboxylic acids is 1. The Morgan fingerprint density at radius 1 is 1.14 bits per heavy atom. The second-order valence-electron chi connectivity index (χ2n) is 6.93. The molecule has 1 aromatic rings. The molecule has 9 nitrogen and oxygen atoms in total. The average Bonchev–Trinajstić information content (AvgIpc) is 2.58. The topological polar surface area (TPSA) is 124 Å². The van der Waals surface area contributed by atoms with Crippen LogP contribution in [0.15, 0.2) is 23.1 Å². The summed E-state index contributed by atoms with van der Waals surface area (Å²) in [6.07, 6.45) is -0.844. The number of amides is 1. The molecule has 0 aliphatic carbocycles. The highest BCUT2D eigenvalue weighted by Crippen LogP contribution is 2.27. The Labute approximate surface area is 165 Å². The van der Waals surface area contributed by atoms with Crippen molar-refractivity contribution in [2.45, 2.75) is 45.1 Å². The fourth-order valence-corrected chi connectivity index (χ4v) is 4.01. The molecule has 0 heterocycles. The molecule has 0 saturated heterocycles. The van der Waals surface area contributed by atoms with Gasteiger partial charge in [-0.1, -0.05) is 13.8 Å². The van der Waals surface area contributed by atoms with E-state index >= 15 is 0 Å². The molecule has 2 N–H and O–H groups in total. The number of aromatic carboxylic acids is 1. The van der Waals surface area contributed by atoms with E-state index in [-0.39, 0.29) is 35.8 Å². The van der Waals surface area contributed by atoms with Gasteiger partial charge >= 0.3 is 12.1 Å². The lowest BCUT2D eigenvalue weighted by Gasteiger charge is -2.28. The van der Waals surface area contributed by atoms with Gasteiger partial charge in [0.25, 0.3) is 0 Å². The summed E-state index contributed by atoms with van der Waals surface area (Å²) in [5.74, 6) is -1.40. The van der Waals surface area contributed by atoms with Gasteiger partial charge in [-0.25, -0.2) is 18.0 Å². The lowest BCUT2D eigenvalue weighted by molar-refractivity contribution is 0.0573. The van der Waals surface area contributed by atoms with Crippen LogP contribution in [-0.2, 0) is 14.8 Å². The van der Waals surface area contributed by atoms with Crippen molar-refractivity contribution in [1.29, 1.82) is 0 Å². The van der Waals surface area contributed by atoms with Crippen molar-refractivity contribution in [3.05, 3.63) is 23.8 Å². The SMILES string of the molecule is CCN(CC)S(=O)(=O)c1ccc(N(CCO)C(=O)OC(C)(C)C)c(C(=O)O)c1.